The Hall–Kier alpha value is -0.496. The summed E-state index contributed by atoms with van der Waals surface area (Å²) < 4.78 is 27.2. The van der Waals surface area contributed by atoms with Crippen LogP contribution in [0.5, 0.6) is 0 Å². The van der Waals surface area contributed by atoms with Crippen LogP contribution in [0, 0.1) is 0 Å². The number of rotatable bonds is 3. The van der Waals surface area contributed by atoms with Crippen LogP contribution in [0.15, 0.2) is 52.4 Å². The molecule has 0 aliphatic heterocycles. The molecular formula is C17H20Cl2O2PTi. The fourth-order valence-electron chi connectivity index (χ4n) is 3.59. The molecule has 2 aliphatic rings. The average molecular weight is 406 g/mol. The zero-order valence-electron chi connectivity index (χ0n) is 13.1. The van der Waals surface area contributed by atoms with Crippen molar-refractivity contribution >= 4 is 40.4 Å². The fraction of sp³-hybridized carbons (Fsp3) is 0.235. The van der Waals surface area contributed by atoms with Gasteiger partial charge in [0.25, 0.3) is 0 Å². The Morgan fingerprint density at radius 2 is 1.87 bits per heavy atom. The molecule has 0 saturated carbocycles. The molecule has 2 nitrogen and oxygen atoms in total. The van der Waals surface area contributed by atoms with Crippen LogP contribution in [0.3, 0.4) is 0 Å². The summed E-state index contributed by atoms with van der Waals surface area (Å²) in [5.41, 5.74) is -0.0887. The van der Waals surface area contributed by atoms with E-state index in [9.17, 15) is 9.13 Å². The second kappa shape index (κ2) is 8.05. The van der Waals surface area contributed by atoms with E-state index in [2.05, 4.69) is 30.4 Å². The summed E-state index contributed by atoms with van der Waals surface area (Å²) in [6, 6.07) is 8.18. The van der Waals surface area contributed by atoms with Crippen LogP contribution >= 0.6 is 30.5 Å². The minimum atomic E-state index is -3.40. The van der Waals surface area contributed by atoms with E-state index >= 15 is 0 Å². The molecule has 0 N–H and O–H groups in total. The van der Waals surface area contributed by atoms with Gasteiger partial charge in [-0.2, -0.15) is 0 Å². The number of hydrogen-bond acceptors (Lipinski definition) is 2. The van der Waals surface area contributed by atoms with Crippen molar-refractivity contribution in [3.05, 3.63) is 63.6 Å². The summed E-state index contributed by atoms with van der Waals surface area (Å²) in [4.78, 5) is 0. The van der Waals surface area contributed by atoms with E-state index < -0.39 is 21.3 Å². The molecule has 0 amide bonds. The van der Waals surface area contributed by atoms with Crippen molar-refractivity contribution < 1.29 is 24.7 Å². The van der Waals surface area contributed by atoms with Gasteiger partial charge in [0.05, 0.1) is 0 Å². The molecular weight excluding hydrogens is 386 g/mol. The SMILES string of the molecule is C[C](C)=[Ti]([C]1=CC=CC1)([CH]1C=Cc2ccccc21)[P](=O)=O.Cl.Cl. The van der Waals surface area contributed by atoms with Crippen molar-refractivity contribution in [1.29, 1.82) is 0 Å². The minimum Gasteiger partial charge on any atom is -0.147 e. The number of halogens is 2. The van der Waals surface area contributed by atoms with Crippen molar-refractivity contribution in [2.45, 2.75) is 24.5 Å². The van der Waals surface area contributed by atoms with Crippen LogP contribution in [0.4, 0.5) is 0 Å². The zero-order chi connectivity index (χ0) is 15.0. The molecule has 1 aromatic carbocycles. The van der Waals surface area contributed by atoms with Crippen LogP contribution in [-0.4, -0.2) is 3.81 Å². The van der Waals surface area contributed by atoms with Gasteiger partial charge in [0, 0.05) is 0 Å². The number of fused-ring (bicyclic) bond motifs is 1. The molecule has 6 heteroatoms. The first-order chi connectivity index (χ1) is 10.1. The zero-order valence-corrected chi connectivity index (χ0v) is 17.1. The standard InChI is InChI=1S/C9H7.C5H5.C3H6.2ClH.O2P.Ti/c1-2-5-9-7-3-6-8(9)4-1;1-2-4-5-3-1;1-3-2;;;1-3-2;/h1-7H;1-3H,4H2;1-2H3;2*1H;;. The van der Waals surface area contributed by atoms with Gasteiger partial charge in [0.2, 0.25) is 0 Å². The second-order valence-electron chi connectivity index (χ2n) is 5.81. The first-order valence-electron chi connectivity index (χ1n) is 7.17. The maximum Gasteiger partial charge on any atom is -0.147 e. The normalized spacial score (nSPS) is 19.9. The quantitative estimate of drug-likeness (QED) is 0.463. The molecule has 0 spiro atoms. The molecule has 0 bridgehead atoms. The molecule has 0 heterocycles. The van der Waals surface area contributed by atoms with Gasteiger partial charge < -0.3 is 0 Å². The summed E-state index contributed by atoms with van der Waals surface area (Å²) >= 11 is -3.40. The van der Waals surface area contributed by atoms with E-state index in [1.54, 1.807) is 0 Å². The first-order valence-corrected chi connectivity index (χ1v) is 12.9. The third-order valence-corrected chi connectivity index (χ3v) is 18.7. The first kappa shape index (κ1) is 20.5. The van der Waals surface area contributed by atoms with Crippen LogP contribution in [0.25, 0.3) is 6.08 Å². The molecule has 0 fully saturated rings. The maximum absolute atomic E-state index is 12.4. The molecule has 123 valence electrons. The van der Waals surface area contributed by atoms with Gasteiger partial charge in [-0.05, 0) is 0 Å². The van der Waals surface area contributed by atoms with Crippen molar-refractivity contribution in [3.8, 4) is 0 Å². The van der Waals surface area contributed by atoms with Crippen LogP contribution in [0.1, 0.15) is 35.6 Å². The Morgan fingerprint density at radius 1 is 1.17 bits per heavy atom. The fourth-order valence-corrected chi connectivity index (χ4v) is 15.4. The minimum absolute atomic E-state index is 0. The largest absolute Gasteiger partial charge is 0.147 e. The van der Waals surface area contributed by atoms with Gasteiger partial charge in [0.15, 0.2) is 0 Å². The smallest absolute Gasteiger partial charge is 0.147 e. The van der Waals surface area contributed by atoms with E-state index in [1.165, 1.54) is 11.1 Å². The van der Waals surface area contributed by atoms with Gasteiger partial charge in [-0.15, -0.1) is 24.8 Å². The Bertz CT molecular complexity index is 808. The second-order valence-corrected chi connectivity index (χ2v) is 16.9. The van der Waals surface area contributed by atoms with Gasteiger partial charge in [-0.25, -0.2) is 0 Å². The van der Waals surface area contributed by atoms with E-state index in [1.807, 2.05) is 38.1 Å². The third-order valence-electron chi connectivity index (χ3n) is 4.56. The van der Waals surface area contributed by atoms with E-state index in [-0.39, 0.29) is 29.0 Å². The van der Waals surface area contributed by atoms with Crippen LogP contribution < -0.4 is 0 Å². The van der Waals surface area contributed by atoms with Crippen LogP contribution in [-0.2, 0) is 24.7 Å². The molecule has 1 aromatic rings. The van der Waals surface area contributed by atoms with E-state index in [0.717, 1.165) is 14.1 Å². The van der Waals surface area contributed by atoms with Crippen molar-refractivity contribution in [3.63, 3.8) is 0 Å². The predicted molar refractivity (Wildman–Crippen MR) is 99.2 cm³/mol. The van der Waals surface area contributed by atoms with Gasteiger partial charge >= 0.3 is 128 Å². The summed E-state index contributed by atoms with van der Waals surface area (Å²) in [5.74, 6) is 0. The van der Waals surface area contributed by atoms with Crippen molar-refractivity contribution in [2.24, 2.45) is 0 Å². The molecule has 23 heavy (non-hydrogen) atoms. The average Bonchev–Trinajstić information content (AvgIpc) is 3.09. The van der Waals surface area contributed by atoms with Gasteiger partial charge in [-0.1, -0.05) is 0 Å². The molecule has 0 saturated heterocycles. The molecule has 2 unspecified atom stereocenters. The van der Waals surface area contributed by atoms with Crippen LogP contribution in [0.2, 0.25) is 0 Å². The Kier molecular flexibility index (Phi) is 7.20. The summed E-state index contributed by atoms with van der Waals surface area (Å²) in [6.45, 7) is 4.03. The van der Waals surface area contributed by atoms with E-state index in [4.69, 9.17) is 0 Å². The summed E-state index contributed by atoms with van der Waals surface area (Å²) in [7, 11) is 0. The molecule has 2 aliphatic carbocycles. The molecule has 0 aromatic heterocycles. The summed E-state index contributed by atoms with van der Waals surface area (Å²) in [5, 5.41) is 0. The predicted octanol–water partition coefficient (Wildman–Crippen LogP) is 5.90. The summed E-state index contributed by atoms with van der Waals surface area (Å²) in [6.07, 6.45) is 11.1. The topological polar surface area (TPSA) is 34.1 Å². The Labute approximate surface area is 152 Å². The van der Waals surface area contributed by atoms with Crippen molar-refractivity contribution in [1.82, 2.24) is 0 Å². The number of allylic oxidation sites excluding steroid dienone is 5. The maximum atomic E-state index is 12.4. The van der Waals surface area contributed by atoms with Crippen molar-refractivity contribution in [2.75, 3.05) is 0 Å². The molecule has 2 atom stereocenters. The number of hydrogen-bond donors (Lipinski definition) is 0. The number of benzene rings is 1. The van der Waals surface area contributed by atoms with E-state index in [0.29, 0.717) is 0 Å². The van der Waals surface area contributed by atoms with Gasteiger partial charge in [0.1, 0.15) is 0 Å². The van der Waals surface area contributed by atoms with Gasteiger partial charge in [-0.3, -0.25) is 0 Å². The Morgan fingerprint density at radius 3 is 2.43 bits per heavy atom. The molecule has 3 rings (SSSR count). The molecule has 0 radical (unpaired) electrons. The Balaban J connectivity index is 0.00000132. The third kappa shape index (κ3) is 3.21. The monoisotopic (exact) mass is 405 g/mol.